The van der Waals surface area contributed by atoms with E-state index in [0.717, 1.165) is 11.3 Å². The molecule has 0 saturated heterocycles. The fourth-order valence-electron chi connectivity index (χ4n) is 2.71. The normalized spacial score (nSPS) is 17.7. The molecule has 1 atom stereocenters. The fourth-order valence-corrected chi connectivity index (χ4v) is 2.71. The molecule has 2 rings (SSSR count). The van der Waals surface area contributed by atoms with Crippen LogP contribution in [0.3, 0.4) is 0 Å². The van der Waals surface area contributed by atoms with Crippen LogP contribution in [-0.2, 0) is 0 Å². The molecule has 19 heavy (non-hydrogen) atoms. The number of benzene rings is 1. The number of nitrogens with zero attached hydrogens (tertiary/aromatic N) is 1. The first-order chi connectivity index (χ1) is 9.35. The van der Waals surface area contributed by atoms with Crippen LogP contribution in [0.2, 0.25) is 0 Å². The molecule has 0 amide bonds. The highest BCUT2D eigenvalue weighted by Gasteiger charge is 2.21. The third kappa shape index (κ3) is 3.71. The molecule has 1 fully saturated rings. The molecule has 1 aromatic carbocycles. The van der Waals surface area contributed by atoms with E-state index in [4.69, 9.17) is 4.74 Å². The Hall–Kier alpha value is -1.53. The maximum Gasteiger partial charge on any atom is 0.125 e. The third-order valence-electron chi connectivity index (χ3n) is 3.67. The largest absolute Gasteiger partial charge is 0.493 e. The van der Waals surface area contributed by atoms with E-state index in [2.05, 4.69) is 11.4 Å². The smallest absolute Gasteiger partial charge is 0.125 e. The van der Waals surface area contributed by atoms with E-state index in [1.54, 1.807) is 0 Å². The third-order valence-corrected chi connectivity index (χ3v) is 3.67. The van der Waals surface area contributed by atoms with Gasteiger partial charge in [0.1, 0.15) is 11.8 Å². The fraction of sp³-hybridized carbons (Fsp3) is 0.562. The van der Waals surface area contributed by atoms with E-state index >= 15 is 0 Å². The van der Waals surface area contributed by atoms with Crippen LogP contribution in [0.1, 0.15) is 50.6 Å². The molecule has 1 aliphatic rings. The Balaban J connectivity index is 2.10. The number of para-hydroxylation sites is 1. The summed E-state index contributed by atoms with van der Waals surface area (Å²) < 4.78 is 5.62. The van der Waals surface area contributed by atoms with E-state index in [9.17, 15) is 5.26 Å². The first-order valence-corrected chi connectivity index (χ1v) is 7.22. The predicted octanol–water partition coefficient (Wildman–Crippen LogP) is 3.57. The maximum atomic E-state index is 9.43. The van der Waals surface area contributed by atoms with Crippen molar-refractivity contribution >= 4 is 0 Å². The molecule has 1 unspecified atom stereocenters. The molecule has 1 aromatic rings. The molecular formula is C16H22N2O. The highest BCUT2D eigenvalue weighted by Crippen LogP contribution is 2.27. The van der Waals surface area contributed by atoms with Gasteiger partial charge in [0.2, 0.25) is 0 Å². The van der Waals surface area contributed by atoms with Gasteiger partial charge in [-0.05, 0) is 25.8 Å². The van der Waals surface area contributed by atoms with E-state index in [0.29, 0.717) is 12.6 Å². The number of nitrogens with one attached hydrogen (secondary N) is 1. The van der Waals surface area contributed by atoms with E-state index < -0.39 is 0 Å². The van der Waals surface area contributed by atoms with Gasteiger partial charge < -0.3 is 4.74 Å². The number of ether oxygens (including phenoxy) is 1. The molecule has 0 aromatic heterocycles. The second-order valence-electron chi connectivity index (χ2n) is 5.03. The maximum absolute atomic E-state index is 9.43. The lowest BCUT2D eigenvalue weighted by atomic mass is 9.94. The number of hydrogen-bond acceptors (Lipinski definition) is 3. The van der Waals surface area contributed by atoms with Crippen LogP contribution < -0.4 is 10.1 Å². The van der Waals surface area contributed by atoms with Crippen molar-refractivity contribution in [3.8, 4) is 11.8 Å². The van der Waals surface area contributed by atoms with Crippen molar-refractivity contribution in [2.75, 3.05) is 6.61 Å². The average Bonchev–Trinajstić information content (AvgIpc) is 2.47. The van der Waals surface area contributed by atoms with Crippen molar-refractivity contribution in [1.82, 2.24) is 5.32 Å². The highest BCUT2D eigenvalue weighted by atomic mass is 16.5. The lowest BCUT2D eigenvalue weighted by Gasteiger charge is -2.26. The monoisotopic (exact) mass is 258 g/mol. The van der Waals surface area contributed by atoms with Crippen molar-refractivity contribution < 1.29 is 4.74 Å². The van der Waals surface area contributed by atoms with Crippen LogP contribution in [0, 0.1) is 11.3 Å². The van der Waals surface area contributed by atoms with E-state index in [1.807, 2.05) is 31.2 Å². The predicted molar refractivity (Wildman–Crippen MR) is 76.0 cm³/mol. The first-order valence-electron chi connectivity index (χ1n) is 7.22. The van der Waals surface area contributed by atoms with Crippen molar-refractivity contribution in [1.29, 1.82) is 5.26 Å². The molecular weight excluding hydrogens is 236 g/mol. The summed E-state index contributed by atoms with van der Waals surface area (Å²) in [6.07, 6.45) is 6.21. The van der Waals surface area contributed by atoms with Gasteiger partial charge in [0, 0.05) is 11.6 Å². The van der Waals surface area contributed by atoms with Gasteiger partial charge in [0.05, 0.1) is 12.7 Å². The summed E-state index contributed by atoms with van der Waals surface area (Å²) in [5.74, 6) is 0.819. The SMILES string of the molecule is CCOc1ccccc1C(C#N)NC1CCCCC1. The quantitative estimate of drug-likeness (QED) is 0.878. The van der Waals surface area contributed by atoms with Crippen LogP contribution in [0.25, 0.3) is 0 Å². The van der Waals surface area contributed by atoms with E-state index in [-0.39, 0.29) is 6.04 Å². The Kier molecular flexibility index (Phi) is 5.23. The van der Waals surface area contributed by atoms with Crippen molar-refractivity contribution in [2.45, 2.75) is 51.1 Å². The lowest BCUT2D eigenvalue weighted by molar-refractivity contribution is 0.325. The molecule has 3 nitrogen and oxygen atoms in total. The van der Waals surface area contributed by atoms with E-state index in [1.165, 1.54) is 32.1 Å². The lowest BCUT2D eigenvalue weighted by Crippen LogP contribution is -2.34. The first kappa shape index (κ1) is 13.9. The second-order valence-corrected chi connectivity index (χ2v) is 5.03. The summed E-state index contributed by atoms with van der Waals surface area (Å²) in [5.41, 5.74) is 0.956. The van der Waals surface area contributed by atoms with Crippen LogP contribution >= 0.6 is 0 Å². The van der Waals surface area contributed by atoms with Gasteiger partial charge in [-0.25, -0.2) is 0 Å². The Morgan fingerprint density at radius 3 is 2.74 bits per heavy atom. The van der Waals surface area contributed by atoms with Gasteiger partial charge in [-0.3, -0.25) is 5.32 Å². The summed E-state index contributed by atoms with van der Waals surface area (Å²) in [4.78, 5) is 0. The van der Waals surface area contributed by atoms with Gasteiger partial charge in [0.15, 0.2) is 0 Å². The Bertz CT molecular complexity index is 433. The molecule has 3 heteroatoms. The van der Waals surface area contributed by atoms with Crippen LogP contribution in [-0.4, -0.2) is 12.6 Å². The van der Waals surface area contributed by atoms with Gasteiger partial charge in [-0.15, -0.1) is 0 Å². The molecule has 0 heterocycles. The Morgan fingerprint density at radius 2 is 2.05 bits per heavy atom. The standard InChI is InChI=1S/C16H22N2O/c1-2-19-16-11-7-6-10-14(16)15(12-17)18-13-8-4-3-5-9-13/h6-7,10-11,13,15,18H,2-5,8-9H2,1H3. The minimum Gasteiger partial charge on any atom is -0.493 e. The number of hydrogen-bond donors (Lipinski definition) is 1. The molecule has 1 saturated carbocycles. The summed E-state index contributed by atoms with van der Waals surface area (Å²) in [6.45, 7) is 2.59. The van der Waals surface area contributed by atoms with Crippen LogP contribution in [0.5, 0.6) is 5.75 Å². The summed E-state index contributed by atoms with van der Waals surface area (Å²) in [7, 11) is 0. The van der Waals surface area contributed by atoms with Gasteiger partial charge in [-0.2, -0.15) is 5.26 Å². The molecule has 0 spiro atoms. The topological polar surface area (TPSA) is 45.0 Å². The summed E-state index contributed by atoms with van der Waals surface area (Å²) >= 11 is 0. The van der Waals surface area contributed by atoms with Crippen LogP contribution in [0.4, 0.5) is 0 Å². The molecule has 1 N–H and O–H groups in total. The minimum absolute atomic E-state index is 0.272. The Labute approximate surface area is 115 Å². The molecule has 0 radical (unpaired) electrons. The van der Waals surface area contributed by atoms with Gasteiger partial charge >= 0.3 is 0 Å². The van der Waals surface area contributed by atoms with Crippen LogP contribution in [0.15, 0.2) is 24.3 Å². The molecule has 102 valence electrons. The van der Waals surface area contributed by atoms with Gasteiger partial charge in [-0.1, -0.05) is 37.5 Å². The molecule has 1 aliphatic carbocycles. The number of rotatable bonds is 5. The number of nitriles is 1. The molecule has 0 bridgehead atoms. The van der Waals surface area contributed by atoms with Crippen molar-refractivity contribution in [2.24, 2.45) is 0 Å². The summed E-state index contributed by atoms with van der Waals surface area (Å²) in [6, 6.07) is 10.4. The summed E-state index contributed by atoms with van der Waals surface area (Å²) in [5, 5.41) is 12.9. The zero-order valence-corrected chi connectivity index (χ0v) is 11.6. The highest BCUT2D eigenvalue weighted by molar-refractivity contribution is 5.38. The zero-order valence-electron chi connectivity index (χ0n) is 11.6. The minimum atomic E-state index is -0.272. The Morgan fingerprint density at radius 1 is 1.32 bits per heavy atom. The van der Waals surface area contributed by atoms with Crippen molar-refractivity contribution in [3.63, 3.8) is 0 Å². The molecule has 0 aliphatic heterocycles. The second kappa shape index (κ2) is 7.16. The zero-order chi connectivity index (χ0) is 13.5. The average molecular weight is 258 g/mol. The van der Waals surface area contributed by atoms with Crippen molar-refractivity contribution in [3.05, 3.63) is 29.8 Å². The van der Waals surface area contributed by atoms with Gasteiger partial charge in [0.25, 0.3) is 0 Å².